The number of nitrogens with two attached hydrogens (primary N) is 1. The van der Waals surface area contributed by atoms with Crippen LogP contribution in [-0.2, 0) is 11.3 Å². The van der Waals surface area contributed by atoms with Gasteiger partial charge in [-0.15, -0.1) is 0 Å². The van der Waals surface area contributed by atoms with Gasteiger partial charge in [-0.2, -0.15) is 0 Å². The second-order valence-corrected chi connectivity index (χ2v) is 8.75. The molecule has 4 rings (SSSR count). The molecule has 3 N–H and O–H groups in total. The van der Waals surface area contributed by atoms with Crippen LogP contribution in [0.5, 0.6) is 11.5 Å². The third kappa shape index (κ3) is 5.58. The molecule has 1 aliphatic rings. The number of carbonyl (C=O) groups is 3. The lowest BCUT2D eigenvalue weighted by molar-refractivity contribution is -0.132. The summed E-state index contributed by atoms with van der Waals surface area (Å²) in [5, 5.41) is 3.83. The first-order chi connectivity index (χ1) is 17.2. The lowest BCUT2D eigenvalue weighted by Gasteiger charge is -2.40. The van der Waals surface area contributed by atoms with E-state index in [1.807, 2.05) is 12.1 Å². The Morgan fingerprint density at radius 1 is 1.17 bits per heavy atom. The van der Waals surface area contributed by atoms with Crippen molar-refractivity contribution in [3.63, 3.8) is 0 Å². The molecule has 4 amide bonds. The summed E-state index contributed by atoms with van der Waals surface area (Å²) in [6, 6.07) is 16.9. The number of aryl methyl sites for hydroxylation is 1. The van der Waals surface area contributed by atoms with Crippen LogP contribution in [0.1, 0.15) is 35.0 Å². The number of imide groups is 1. The molecule has 0 aliphatic carbocycles. The molecule has 2 heterocycles. The summed E-state index contributed by atoms with van der Waals surface area (Å²) < 4.78 is 5.88. The van der Waals surface area contributed by atoms with Crippen LogP contribution in [0.15, 0.2) is 60.7 Å². The summed E-state index contributed by atoms with van der Waals surface area (Å²) in [5.74, 6) is 0.638. The van der Waals surface area contributed by atoms with E-state index in [0.29, 0.717) is 46.7 Å². The number of halogens is 1. The highest BCUT2D eigenvalue weighted by molar-refractivity contribution is 6.30. The predicted molar refractivity (Wildman–Crippen MR) is 136 cm³/mol. The zero-order chi connectivity index (χ0) is 25.8. The number of nitrogens with zero attached hydrogens (tertiary/aromatic N) is 3. The molecule has 0 saturated carbocycles. The number of hydrogen-bond acceptors (Lipinski definition) is 6. The molecular weight excluding hydrogens is 482 g/mol. The molecule has 1 aliphatic heterocycles. The van der Waals surface area contributed by atoms with Crippen LogP contribution in [0.2, 0.25) is 5.02 Å². The van der Waals surface area contributed by atoms with Crippen LogP contribution in [-0.4, -0.2) is 45.3 Å². The molecule has 0 radical (unpaired) electrons. The van der Waals surface area contributed by atoms with Gasteiger partial charge in [-0.1, -0.05) is 29.8 Å². The molecule has 1 aromatic heterocycles. The molecule has 0 spiro atoms. The second-order valence-electron chi connectivity index (χ2n) is 8.31. The predicted octanol–water partition coefficient (Wildman–Crippen LogP) is 4.55. The minimum absolute atomic E-state index is 0.103. The quantitative estimate of drug-likeness (QED) is 0.462. The molecule has 0 bridgehead atoms. The number of nitrogens with one attached hydrogen (secondary N) is 1. The van der Waals surface area contributed by atoms with Gasteiger partial charge in [0, 0.05) is 23.7 Å². The van der Waals surface area contributed by atoms with Crippen LogP contribution < -0.4 is 15.8 Å². The molecule has 2 aromatic carbocycles. The molecule has 186 valence electrons. The van der Waals surface area contributed by atoms with Gasteiger partial charge in [-0.3, -0.25) is 19.4 Å². The molecule has 3 aromatic rings. The second kappa shape index (κ2) is 10.7. The summed E-state index contributed by atoms with van der Waals surface area (Å²) in [6.07, 6.45) is -0.485. The Labute approximate surface area is 213 Å². The van der Waals surface area contributed by atoms with Crippen LogP contribution in [0.25, 0.3) is 0 Å². The summed E-state index contributed by atoms with van der Waals surface area (Å²) in [4.78, 5) is 44.6. The first kappa shape index (κ1) is 25.0. The first-order valence-corrected chi connectivity index (χ1v) is 11.8. The normalized spacial score (nSPS) is 15.7. The van der Waals surface area contributed by atoms with Crippen molar-refractivity contribution in [1.29, 1.82) is 0 Å². The Hall–Kier alpha value is -4.11. The van der Waals surface area contributed by atoms with Crippen LogP contribution in [0, 0.1) is 6.92 Å². The van der Waals surface area contributed by atoms with Gasteiger partial charge in [0.2, 0.25) is 11.8 Å². The van der Waals surface area contributed by atoms with E-state index >= 15 is 0 Å². The number of pyridine rings is 1. The number of benzene rings is 2. The fraction of sp³-hybridized carbons (Fsp3) is 0.231. The average molecular weight is 508 g/mol. The molecule has 36 heavy (non-hydrogen) atoms. The number of anilines is 1. The highest BCUT2D eigenvalue weighted by Gasteiger charge is 2.38. The van der Waals surface area contributed by atoms with Crippen molar-refractivity contribution in [3.8, 4) is 11.5 Å². The van der Waals surface area contributed by atoms with Crippen molar-refractivity contribution in [2.24, 2.45) is 5.73 Å². The topological polar surface area (TPSA) is 118 Å². The fourth-order valence-electron chi connectivity index (χ4n) is 3.93. The smallest absolute Gasteiger partial charge is 0.328 e. The van der Waals surface area contributed by atoms with Gasteiger partial charge in [0.05, 0.1) is 12.1 Å². The lowest BCUT2D eigenvalue weighted by atomic mass is 10.1. The van der Waals surface area contributed by atoms with E-state index in [1.54, 1.807) is 67.3 Å². The molecular formula is C26H26ClN5O4. The standard InChI is InChI=1S/C26H26ClN5O4/c1-3-31-24(33)14-23(32(26(31)35)15-17-7-9-19(27)10-8-17)30-22-12-11-21(16(2)29-22)36-20-6-4-5-18(13-20)25(28)34/h4-13,23H,3,14-15H2,1-2H3,(H2,28,34)(H,29,30). The minimum Gasteiger partial charge on any atom is -0.455 e. The largest absolute Gasteiger partial charge is 0.455 e. The number of aromatic nitrogens is 1. The Morgan fingerprint density at radius 3 is 2.58 bits per heavy atom. The fourth-order valence-corrected chi connectivity index (χ4v) is 4.06. The van der Waals surface area contributed by atoms with Crippen LogP contribution >= 0.6 is 11.6 Å². The van der Waals surface area contributed by atoms with Crippen molar-refractivity contribution >= 4 is 35.3 Å². The Kier molecular flexibility index (Phi) is 7.40. The SMILES string of the molecule is CCN1C(=O)CC(Nc2ccc(Oc3cccc(C(N)=O)c3)c(C)n2)N(Cc2ccc(Cl)cc2)C1=O. The van der Waals surface area contributed by atoms with E-state index in [1.165, 1.54) is 4.90 Å². The minimum atomic E-state index is -0.589. The summed E-state index contributed by atoms with van der Waals surface area (Å²) in [7, 11) is 0. The van der Waals surface area contributed by atoms with Gasteiger partial charge in [0.1, 0.15) is 23.5 Å². The van der Waals surface area contributed by atoms with Gasteiger partial charge >= 0.3 is 6.03 Å². The highest BCUT2D eigenvalue weighted by Crippen LogP contribution is 2.28. The van der Waals surface area contributed by atoms with Gasteiger partial charge in [-0.05, 0) is 61.9 Å². The van der Waals surface area contributed by atoms with Crippen molar-refractivity contribution in [2.75, 3.05) is 11.9 Å². The molecule has 10 heteroatoms. The number of urea groups is 1. The van der Waals surface area contributed by atoms with E-state index in [2.05, 4.69) is 10.3 Å². The van der Waals surface area contributed by atoms with E-state index in [9.17, 15) is 14.4 Å². The number of primary amides is 1. The number of carbonyl (C=O) groups excluding carboxylic acids is 3. The third-order valence-corrected chi connectivity index (χ3v) is 6.05. The van der Waals surface area contributed by atoms with Gasteiger partial charge in [0.25, 0.3) is 0 Å². The number of ether oxygens (including phenoxy) is 1. The number of rotatable bonds is 8. The van der Waals surface area contributed by atoms with Crippen molar-refractivity contribution in [2.45, 2.75) is 33.0 Å². The maximum atomic E-state index is 13.1. The molecule has 1 fully saturated rings. The Morgan fingerprint density at radius 2 is 1.92 bits per heavy atom. The third-order valence-electron chi connectivity index (χ3n) is 5.80. The Bertz CT molecular complexity index is 1300. The average Bonchev–Trinajstić information content (AvgIpc) is 2.85. The number of hydrogen-bond donors (Lipinski definition) is 2. The summed E-state index contributed by atoms with van der Waals surface area (Å²) >= 11 is 6.00. The monoisotopic (exact) mass is 507 g/mol. The molecule has 1 unspecified atom stereocenters. The lowest BCUT2D eigenvalue weighted by Crippen LogP contribution is -2.58. The van der Waals surface area contributed by atoms with Crippen molar-refractivity contribution in [1.82, 2.24) is 14.8 Å². The molecule has 1 atom stereocenters. The van der Waals surface area contributed by atoms with Gasteiger partial charge < -0.3 is 15.8 Å². The zero-order valence-electron chi connectivity index (χ0n) is 19.9. The van der Waals surface area contributed by atoms with E-state index < -0.39 is 12.1 Å². The molecule has 9 nitrogen and oxygen atoms in total. The van der Waals surface area contributed by atoms with Crippen molar-refractivity contribution in [3.05, 3.63) is 82.5 Å². The van der Waals surface area contributed by atoms with Gasteiger partial charge in [0.15, 0.2) is 0 Å². The van der Waals surface area contributed by atoms with E-state index in [4.69, 9.17) is 22.1 Å². The zero-order valence-corrected chi connectivity index (χ0v) is 20.7. The van der Waals surface area contributed by atoms with E-state index in [0.717, 1.165) is 5.56 Å². The summed E-state index contributed by atoms with van der Waals surface area (Å²) in [6.45, 7) is 4.14. The maximum Gasteiger partial charge on any atom is 0.328 e. The van der Waals surface area contributed by atoms with E-state index in [-0.39, 0.29) is 18.4 Å². The maximum absolute atomic E-state index is 13.1. The van der Waals surface area contributed by atoms with Gasteiger partial charge in [-0.25, -0.2) is 9.78 Å². The number of amides is 4. The first-order valence-electron chi connectivity index (χ1n) is 11.4. The summed E-state index contributed by atoms with van der Waals surface area (Å²) in [5.41, 5.74) is 7.15. The molecule has 1 saturated heterocycles. The highest BCUT2D eigenvalue weighted by atomic mass is 35.5. The van der Waals surface area contributed by atoms with Crippen molar-refractivity contribution < 1.29 is 19.1 Å². The van der Waals surface area contributed by atoms with Crippen LogP contribution in [0.4, 0.5) is 10.6 Å². The Balaban J connectivity index is 1.54. The van der Waals surface area contributed by atoms with Crippen LogP contribution in [0.3, 0.4) is 0 Å².